The first-order valence-corrected chi connectivity index (χ1v) is 7.53. The van der Waals surface area contributed by atoms with E-state index in [2.05, 4.69) is 10.4 Å². The molecule has 8 heteroatoms. The number of amides is 1. The van der Waals surface area contributed by atoms with Gasteiger partial charge in [0, 0.05) is 17.3 Å². The first kappa shape index (κ1) is 18.3. The van der Waals surface area contributed by atoms with E-state index in [1.165, 1.54) is 45.1 Å². The lowest BCUT2D eigenvalue weighted by Crippen LogP contribution is -2.35. The van der Waals surface area contributed by atoms with Gasteiger partial charge in [-0.15, -0.1) is 0 Å². The Hall–Kier alpha value is -3.03. The van der Waals surface area contributed by atoms with Crippen molar-refractivity contribution in [3.8, 4) is 11.5 Å². The van der Waals surface area contributed by atoms with E-state index in [4.69, 9.17) is 9.47 Å². The third-order valence-electron chi connectivity index (χ3n) is 3.95. The molecule has 0 aliphatic carbocycles. The lowest BCUT2D eigenvalue weighted by atomic mass is 10.1. The van der Waals surface area contributed by atoms with Gasteiger partial charge in [-0.25, -0.2) is 4.79 Å². The molecule has 0 aliphatic rings. The Kier molecular flexibility index (Phi) is 5.01. The maximum Gasteiger partial charge on any atom is 0.331 e. The summed E-state index contributed by atoms with van der Waals surface area (Å²) < 4.78 is 11.8. The average molecular weight is 347 g/mol. The molecular formula is C17H21N3O5. The predicted octanol–water partition coefficient (Wildman–Crippen LogP) is 2.28. The molecule has 1 amide bonds. The number of carbonyl (C=O) groups is 2. The summed E-state index contributed by atoms with van der Waals surface area (Å²) in [6.07, 6.45) is 2.86. The summed E-state index contributed by atoms with van der Waals surface area (Å²) in [7, 11) is 3.03. The molecule has 8 nitrogen and oxygen atoms in total. The summed E-state index contributed by atoms with van der Waals surface area (Å²) in [5.74, 6) is -0.342. The number of hydrogen-bond donors (Lipinski definition) is 2. The van der Waals surface area contributed by atoms with Crippen molar-refractivity contribution < 1.29 is 24.2 Å². The third kappa shape index (κ3) is 3.57. The zero-order valence-corrected chi connectivity index (χ0v) is 14.8. The number of aromatic nitrogens is 2. The molecule has 0 aliphatic heterocycles. The number of ether oxygens (including phenoxy) is 2. The van der Waals surface area contributed by atoms with Gasteiger partial charge < -0.3 is 19.9 Å². The molecule has 0 saturated heterocycles. The van der Waals surface area contributed by atoms with E-state index in [-0.39, 0.29) is 5.91 Å². The second-order valence-electron chi connectivity index (χ2n) is 6.00. The third-order valence-corrected chi connectivity index (χ3v) is 3.95. The number of methoxy groups -OCH3 is 2. The minimum Gasteiger partial charge on any atom is -0.496 e. The second kappa shape index (κ2) is 6.84. The summed E-state index contributed by atoms with van der Waals surface area (Å²) in [5, 5.41) is 15.9. The highest BCUT2D eigenvalue weighted by Crippen LogP contribution is 2.29. The van der Waals surface area contributed by atoms with Crippen LogP contribution in [0.4, 0.5) is 5.69 Å². The van der Waals surface area contributed by atoms with Crippen LogP contribution in [0.3, 0.4) is 0 Å². The lowest BCUT2D eigenvalue weighted by molar-refractivity contribution is -0.146. The van der Waals surface area contributed by atoms with Gasteiger partial charge in [0.15, 0.2) is 5.54 Å². The number of carboxylic acids is 1. The van der Waals surface area contributed by atoms with Crippen LogP contribution in [0.5, 0.6) is 11.5 Å². The van der Waals surface area contributed by atoms with Crippen molar-refractivity contribution >= 4 is 17.6 Å². The second-order valence-corrected chi connectivity index (χ2v) is 6.00. The Bertz CT molecular complexity index is 785. The highest BCUT2D eigenvalue weighted by atomic mass is 16.5. The Balaban J connectivity index is 2.26. The van der Waals surface area contributed by atoms with E-state index in [0.717, 1.165) is 5.56 Å². The first-order valence-electron chi connectivity index (χ1n) is 7.53. The standard InChI is InChI=1S/C17H21N3O5/c1-10-13(24-4)6-11(7-14(10)25-5)15(21)19-12-8-18-20(9-12)17(2,3)16(22)23/h6-9H,1-5H3,(H,19,21)(H,22,23). The first-order chi connectivity index (χ1) is 11.7. The highest BCUT2D eigenvalue weighted by molar-refractivity contribution is 6.04. The molecular weight excluding hydrogens is 326 g/mol. The highest BCUT2D eigenvalue weighted by Gasteiger charge is 2.30. The SMILES string of the molecule is COc1cc(C(=O)Nc2cnn(C(C)(C)C(=O)O)c2)cc(OC)c1C. The molecule has 0 bridgehead atoms. The molecule has 1 aromatic carbocycles. The van der Waals surface area contributed by atoms with Crippen molar-refractivity contribution in [2.24, 2.45) is 0 Å². The van der Waals surface area contributed by atoms with Crippen molar-refractivity contribution in [2.45, 2.75) is 26.3 Å². The number of nitrogens with one attached hydrogen (secondary N) is 1. The molecule has 0 atom stereocenters. The Morgan fingerprint density at radius 2 is 1.76 bits per heavy atom. The van der Waals surface area contributed by atoms with Crippen molar-refractivity contribution in [2.75, 3.05) is 19.5 Å². The van der Waals surface area contributed by atoms with Crippen LogP contribution in [0.1, 0.15) is 29.8 Å². The van der Waals surface area contributed by atoms with E-state index in [9.17, 15) is 14.7 Å². The minimum absolute atomic E-state index is 0.351. The van der Waals surface area contributed by atoms with Gasteiger partial charge in [-0.1, -0.05) is 0 Å². The fraction of sp³-hybridized carbons (Fsp3) is 0.353. The fourth-order valence-electron chi connectivity index (χ4n) is 2.21. The van der Waals surface area contributed by atoms with Crippen molar-refractivity contribution in [3.63, 3.8) is 0 Å². The zero-order valence-electron chi connectivity index (χ0n) is 14.8. The molecule has 2 N–H and O–H groups in total. The number of anilines is 1. The van der Waals surface area contributed by atoms with Crippen LogP contribution in [0.2, 0.25) is 0 Å². The predicted molar refractivity (Wildman–Crippen MR) is 91.4 cm³/mol. The average Bonchev–Trinajstić information content (AvgIpc) is 3.04. The van der Waals surface area contributed by atoms with Gasteiger partial charge in [-0.2, -0.15) is 5.10 Å². The van der Waals surface area contributed by atoms with Gasteiger partial charge in [0.05, 0.1) is 26.1 Å². The van der Waals surface area contributed by atoms with Crippen LogP contribution < -0.4 is 14.8 Å². The largest absolute Gasteiger partial charge is 0.496 e. The quantitative estimate of drug-likeness (QED) is 0.831. The normalized spacial score (nSPS) is 11.1. The zero-order chi connectivity index (χ0) is 18.8. The number of aliphatic carboxylic acids is 1. The van der Waals surface area contributed by atoms with E-state index in [1.54, 1.807) is 12.1 Å². The van der Waals surface area contributed by atoms with Gasteiger partial charge in [0.1, 0.15) is 11.5 Å². The van der Waals surface area contributed by atoms with Crippen LogP contribution in [0.15, 0.2) is 24.5 Å². The Morgan fingerprint density at radius 1 is 1.20 bits per heavy atom. The van der Waals surface area contributed by atoms with Crippen LogP contribution in [-0.4, -0.2) is 41.0 Å². The molecule has 2 aromatic rings. The minimum atomic E-state index is -1.22. The molecule has 0 saturated carbocycles. The van der Waals surface area contributed by atoms with Crippen molar-refractivity contribution in [1.82, 2.24) is 9.78 Å². The number of benzene rings is 1. The summed E-state index contributed by atoms with van der Waals surface area (Å²) in [6, 6.07) is 3.22. The van der Waals surface area contributed by atoms with Crippen LogP contribution in [0, 0.1) is 6.92 Å². The number of nitrogens with zero attached hydrogens (tertiary/aromatic N) is 2. The summed E-state index contributed by atoms with van der Waals surface area (Å²) in [5.41, 5.74) is 0.305. The molecule has 0 unspecified atom stereocenters. The van der Waals surface area contributed by atoms with Crippen LogP contribution >= 0.6 is 0 Å². The lowest BCUT2D eigenvalue weighted by Gasteiger charge is -2.19. The molecule has 25 heavy (non-hydrogen) atoms. The maximum atomic E-state index is 12.5. The molecule has 0 fully saturated rings. The van der Waals surface area contributed by atoms with Gasteiger partial charge in [0.25, 0.3) is 5.91 Å². The number of carboxylic acid groups (broad SMARTS) is 1. The van der Waals surface area contributed by atoms with Crippen LogP contribution in [-0.2, 0) is 10.3 Å². The maximum absolute atomic E-state index is 12.5. The van der Waals surface area contributed by atoms with E-state index < -0.39 is 11.5 Å². The van der Waals surface area contributed by atoms with Crippen molar-refractivity contribution in [3.05, 3.63) is 35.7 Å². The number of carbonyl (C=O) groups excluding carboxylic acids is 1. The summed E-state index contributed by atoms with van der Waals surface area (Å²) in [6.45, 7) is 4.87. The van der Waals surface area contributed by atoms with E-state index >= 15 is 0 Å². The van der Waals surface area contributed by atoms with Crippen molar-refractivity contribution in [1.29, 1.82) is 0 Å². The topological polar surface area (TPSA) is 103 Å². The molecule has 1 aromatic heterocycles. The molecule has 1 heterocycles. The number of rotatable bonds is 6. The van der Waals surface area contributed by atoms with Gasteiger partial charge in [-0.3, -0.25) is 9.48 Å². The molecule has 0 spiro atoms. The summed E-state index contributed by atoms with van der Waals surface area (Å²) >= 11 is 0. The monoisotopic (exact) mass is 347 g/mol. The van der Waals surface area contributed by atoms with Gasteiger partial charge >= 0.3 is 5.97 Å². The van der Waals surface area contributed by atoms with Gasteiger partial charge in [0.2, 0.25) is 0 Å². The Morgan fingerprint density at radius 3 is 2.24 bits per heavy atom. The number of hydrogen-bond acceptors (Lipinski definition) is 5. The van der Waals surface area contributed by atoms with E-state index in [0.29, 0.717) is 22.7 Å². The van der Waals surface area contributed by atoms with Crippen LogP contribution in [0.25, 0.3) is 0 Å². The molecule has 134 valence electrons. The van der Waals surface area contributed by atoms with E-state index in [1.807, 2.05) is 6.92 Å². The molecule has 2 rings (SSSR count). The smallest absolute Gasteiger partial charge is 0.331 e. The van der Waals surface area contributed by atoms with Gasteiger partial charge in [-0.05, 0) is 32.9 Å². The Labute approximate surface area is 145 Å². The molecule has 0 radical (unpaired) electrons. The fourth-order valence-corrected chi connectivity index (χ4v) is 2.21. The summed E-state index contributed by atoms with van der Waals surface area (Å²) in [4.78, 5) is 23.8.